The molecule has 56 valence electrons. The largest absolute Gasteiger partial charge is 0.329 e. The molecule has 2 fully saturated rings. The number of rotatable bonds is 0. The van der Waals surface area contributed by atoms with E-state index in [1.165, 1.54) is 0 Å². The fraction of sp³-hybridized carbons (Fsp3) is 0.571. The van der Waals surface area contributed by atoms with E-state index in [1.54, 1.807) is 0 Å². The number of carbonyl (C=O) groups is 1. The Morgan fingerprint density at radius 3 is 2.70 bits per heavy atom. The molecule has 0 aromatic rings. The van der Waals surface area contributed by atoms with Gasteiger partial charge in [0.05, 0.1) is 11.8 Å². The predicted molar refractivity (Wildman–Crippen MR) is 43.8 cm³/mol. The van der Waals surface area contributed by atoms with Gasteiger partial charge < -0.3 is 4.90 Å². The summed E-state index contributed by atoms with van der Waals surface area (Å²) in [5.41, 5.74) is 0. The first-order valence-electron chi connectivity index (χ1n) is 3.29. The van der Waals surface area contributed by atoms with Gasteiger partial charge in [-0.3, -0.25) is 4.79 Å². The van der Waals surface area contributed by atoms with Crippen LogP contribution < -0.4 is 0 Å². The van der Waals surface area contributed by atoms with Crippen molar-refractivity contribution in [3.8, 4) is 0 Å². The van der Waals surface area contributed by atoms with Gasteiger partial charge in [-0.2, -0.15) is 0 Å². The highest BCUT2D eigenvalue weighted by Crippen LogP contribution is 2.34. The lowest BCUT2D eigenvalue weighted by atomic mass is 10.2. The van der Waals surface area contributed by atoms with Crippen molar-refractivity contribution >= 4 is 17.7 Å². The maximum Gasteiger partial charge on any atom is 0.226 e. The van der Waals surface area contributed by atoms with Crippen molar-refractivity contribution in [1.29, 1.82) is 0 Å². The third kappa shape index (κ3) is 1.06. The van der Waals surface area contributed by atoms with Crippen LogP contribution in [0, 0.1) is 0 Å². The van der Waals surface area contributed by atoms with Crippen LogP contribution in [0.4, 0.5) is 0 Å². The molecule has 0 spiro atoms. The molecule has 0 aromatic heterocycles. The van der Waals surface area contributed by atoms with Gasteiger partial charge in [0.1, 0.15) is 0 Å². The number of hydrogen-bond donors (Lipinski definition) is 0. The zero-order valence-electron chi connectivity index (χ0n) is 5.88. The summed E-state index contributed by atoms with van der Waals surface area (Å²) in [4.78, 5) is 12.6. The van der Waals surface area contributed by atoms with Crippen LogP contribution in [0.2, 0.25) is 0 Å². The molecule has 1 atom stereocenters. The number of thioether (sulfide) groups is 1. The van der Waals surface area contributed by atoms with Gasteiger partial charge in [0.15, 0.2) is 0 Å². The molecule has 2 saturated heterocycles. The number of carbonyl (C=O) groups excluding carboxylic acids is 1. The molecule has 10 heavy (non-hydrogen) atoms. The van der Waals surface area contributed by atoms with Crippen LogP contribution in [0.1, 0.15) is 6.42 Å². The van der Waals surface area contributed by atoms with Crippen LogP contribution in [0.3, 0.4) is 0 Å². The number of amides is 1. The normalized spacial score (nSPS) is 28.2. The fourth-order valence-corrected chi connectivity index (χ4v) is 2.37. The molecule has 2 aliphatic rings. The van der Waals surface area contributed by atoms with Gasteiger partial charge in [-0.1, -0.05) is 0 Å². The summed E-state index contributed by atoms with van der Waals surface area (Å²) in [6.45, 7) is 6.99. The highest BCUT2D eigenvalue weighted by molar-refractivity contribution is 8.00. The van der Waals surface area contributed by atoms with E-state index >= 15 is 0 Å². The topological polar surface area (TPSA) is 20.3 Å². The Balaban J connectivity index is 0.000000231. The van der Waals surface area contributed by atoms with Crippen molar-refractivity contribution in [2.45, 2.75) is 11.8 Å². The maximum atomic E-state index is 10.6. The van der Waals surface area contributed by atoms with Gasteiger partial charge in [0.25, 0.3) is 0 Å². The molecular weight excluding hydrogens is 146 g/mol. The highest BCUT2D eigenvalue weighted by Gasteiger charge is 2.39. The predicted octanol–water partition coefficient (Wildman–Crippen LogP) is 1.09. The summed E-state index contributed by atoms with van der Waals surface area (Å²) in [5.74, 6) is 1.50. The molecule has 0 bridgehead atoms. The van der Waals surface area contributed by atoms with Gasteiger partial charge in [0, 0.05) is 12.3 Å². The minimum Gasteiger partial charge on any atom is -0.329 e. The minimum absolute atomic E-state index is 0.347. The Morgan fingerprint density at radius 2 is 2.30 bits per heavy atom. The average molecular weight is 157 g/mol. The lowest BCUT2D eigenvalue weighted by Crippen LogP contribution is -2.46. The van der Waals surface area contributed by atoms with Gasteiger partial charge in [-0.05, 0) is 0 Å². The third-order valence-corrected chi connectivity index (χ3v) is 2.88. The van der Waals surface area contributed by atoms with Gasteiger partial charge >= 0.3 is 0 Å². The molecule has 2 aliphatic heterocycles. The van der Waals surface area contributed by atoms with E-state index in [9.17, 15) is 4.79 Å². The average Bonchev–Trinajstić information content (AvgIpc) is 2.34. The third-order valence-electron chi connectivity index (χ3n) is 1.66. The second-order valence-electron chi connectivity index (χ2n) is 2.12. The Bertz CT molecular complexity index is 149. The minimum atomic E-state index is 0.347. The van der Waals surface area contributed by atoms with Crippen molar-refractivity contribution in [2.75, 3.05) is 12.3 Å². The number of β-lactam (4-membered cyclic amide) rings is 1. The van der Waals surface area contributed by atoms with Crippen molar-refractivity contribution < 1.29 is 4.79 Å². The Hall–Kier alpha value is -0.440. The molecule has 2 nitrogen and oxygen atoms in total. The van der Waals surface area contributed by atoms with E-state index in [0.29, 0.717) is 11.3 Å². The van der Waals surface area contributed by atoms with Crippen molar-refractivity contribution in [3.05, 3.63) is 13.2 Å². The van der Waals surface area contributed by atoms with Crippen LogP contribution in [-0.4, -0.2) is 28.5 Å². The molecule has 2 rings (SSSR count). The number of hydrogen-bond acceptors (Lipinski definition) is 2. The van der Waals surface area contributed by atoms with Crippen molar-refractivity contribution in [3.63, 3.8) is 0 Å². The summed E-state index contributed by atoms with van der Waals surface area (Å²) < 4.78 is 0. The molecule has 1 amide bonds. The molecule has 0 aliphatic carbocycles. The maximum absolute atomic E-state index is 10.6. The molecule has 2 heterocycles. The highest BCUT2D eigenvalue weighted by atomic mass is 32.2. The van der Waals surface area contributed by atoms with Gasteiger partial charge in [-0.15, -0.1) is 24.9 Å². The molecule has 0 N–H and O–H groups in total. The van der Waals surface area contributed by atoms with E-state index in [1.807, 2.05) is 16.7 Å². The standard InChI is InChI=1S/C5H7NOS.C2H4/c7-4-3-5-6(4)1-2-8-5;1-2/h5H,1-3H2;1-2H2/t5-;/m1./s1. The fourth-order valence-electron chi connectivity index (χ4n) is 1.13. The lowest BCUT2D eigenvalue weighted by molar-refractivity contribution is -0.140. The molecule has 0 radical (unpaired) electrons. The zero-order valence-corrected chi connectivity index (χ0v) is 6.69. The number of nitrogens with zero attached hydrogens (tertiary/aromatic N) is 1. The second-order valence-corrected chi connectivity index (χ2v) is 3.40. The van der Waals surface area contributed by atoms with Crippen LogP contribution in [0.15, 0.2) is 13.2 Å². The molecule has 0 saturated carbocycles. The van der Waals surface area contributed by atoms with Crippen LogP contribution >= 0.6 is 11.8 Å². The lowest BCUT2D eigenvalue weighted by Gasteiger charge is -2.32. The van der Waals surface area contributed by atoms with Crippen LogP contribution in [0.5, 0.6) is 0 Å². The van der Waals surface area contributed by atoms with Crippen molar-refractivity contribution in [2.24, 2.45) is 0 Å². The first kappa shape index (κ1) is 7.66. The Labute approximate surface area is 65.3 Å². The van der Waals surface area contributed by atoms with E-state index in [-0.39, 0.29) is 0 Å². The quantitative estimate of drug-likeness (QED) is 0.387. The van der Waals surface area contributed by atoms with Crippen LogP contribution in [-0.2, 0) is 4.79 Å². The zero-order chi connectivity index (χ0) is 7.56. The molecule has 0 aromatic carbocycles. The summed E-state index contributed by atoms with van der Waals surface area (Å²) in [7, 11) is 0. The second kappa shape index (κ2) is 3.10. The summed E-state index contributed by atoms with van der Waals surface area (Å²) >= 11 is 1.90. The first-order valence-corrected chi connectivity index (χ1v) is 4.34. The molecule has 3 heteroatoms. The van der Waals surface area contributed by atoms with Crippen molar-refractivity contribution in [1.82, 2.24) is 4.90 Å². The van der Waals surface area contributed by atoms with Gasteiger partial charge in [-0.25, -0.2) is 0 Å². The van der Waals surface area contributed by atoms with E-state index in [4.69, 9.17) is 0 Å². The Kier molecular flexibility index (Phi) is 2.38. The SMILES string of the molecule is C=C.O=C1C[C@H]2SCCN12. The van der Waals surface area contributed by atoms with Gasteiger partial charge in [0.2, 0.25) is 5.91 Å². The Morgan fingerprint density at radius 1 is 1.60 bits per heavy atom. The van der Waals surface area contributed by atoms with Crippen LogP contribution in [0.25, 0.3) is 0 Å². The first-order chi connectivity index (χ1) is 4.88. The summed E-state index contributed by atoms with van der Waals surface area (Å²) in [5, 5.41) is 0.572. The monoisotopic (exact) mass is 157 g/mol. The summed E-state index contributed by atoms with van der Waals surface area (Å²) in [6.07, 6.45) is 0.796. The smallest absolute Gasteiger partial charge is 0.226 e. The van der Waals surface area contributed by atoms with E-state index in [0.717, 1.165) is 18.7 Å². The van der Waals surface area contributed by atoms with E-state index < -0.39 is 0 Å². The van der Waals surface area contributed by atoms with E-state index in [2.05, 4.69) is 13.2 Å². The molecular formula is C7H11NOS. The summed E-state index contributed by atoms with van der Waals surface area (Å²) in [6, 6.07) is 0. The molecule has 0 unspecified atom stereocenters. The number of fused-ring (bicyclic) bond motifs is 1.